The molecule has 5 rings (SSSR count). The number of aliphatic hydroxyl groups is 1. The first-order chi connectivity index (χ1) is 21.6. The Labute approximate surface area is 265 Å². The highest BCUT2D eigenvalue weighted by atomic mass is 16.6. The van der Waals surface area contributed by atoms with E-state index in [0.29, 0.717) is 12.8 Å². The van der Waals surface area contributed by atoms with E-state index in [1.54, 1.807) is 20.8 Å². The molecule has 0 saturated carbocycles. The molecule has 0 aliphatic heterocycles. The first kappa shape index (κ1) is 31.8. The van der Waals surface area contributed by atoms with Crippen molar-refractivity contribution in [3.63, 3.8) is 0 Å². The number of carbonyl (C=O) groups excluding carboxylic acids is 1. The molecule has 0 fully saturated rings. The van der Waals surface area contributed by atoms with E-state index in [4.69, 9.17) is 4.74 Å². The molecule has 4 aromatic carbocycles. The normalized spacial score (nSPS) is 14.5. The summed E-state index contributed by atoms with van der Waals surface area (Å²) in [4.78, 5) is 27.4. The van der Waals surface area contributed by atoms with E-state index in [9.17, 15) is 19.8 Å². The molecule has 0 heterocycles. The number of nitrogens with zero attached hydrogens (tertiary/aromatic N) is 1. The molecule has 234 valence electrons. The van der Waals surface area contributed by atoms with E-state index < -0.39 is 36.0 Å². The fourth-order valence-corrected chi connectivity index (χ4v) is 6.33. The standard InChI is InChI=1S/C38H42N2O5/c1-38(2,3)45-36(42)39-28(22-26-14-6-4-7-15-26)24-35(41)34(23-27-16-8-5-9-17-27)40(37(43)44)25-33-31-20-12-10-18-29(31)30-19-11-13-21-32(30)33/h4-21,28,33-35,41H,22-25H2,1-3H3,(H,39,42)(H,43,44)/t28-,34-,35-/m0/s1. The Kier molecular flexibility index (Phi) is 9.89. The van der Waals surface area contributed by atoms with E-state index >= 15 is 0 Å². The summed E-state index contributed by atoms with van der Waals surface area (Å²) in [7, 11) is 0. The van der Waals surface area contributed by atoms with Gasteiger partial charge in [-0.2, -0.15) is 0 Å². The van der Waals surface area contributed by atoms with Crippen LogP contribution in [-0.4, -0.2) is 57.6 Å². The Morgan fingerprint density at radius 1 is 0.778 bits per heavy atom. The summed E-state index contributed by atoms with van der Waals surface area (Å²) in [5.74, 6) is -0.182. The van der Waals surface area contributed by atoms with Crippen molar-refractivity contribution in [3.05, 3.63) is 131 Å². The molecule has 1 aliphatic rings. The van der Waals surface area contributed by atoms with Crippen LogP contribution in [0.3, 0.4) is 0 Å². The van der Waals surface area contributed by atoms with Crippen LogP contribution < -0.4 is 5.32 Å². The van der Waals surface area contributed by atoms with E-state index in [2.05, 4.69) is 29.6 Å². The van der Waals surface area contributed by atoms with Gasteiger partial charge in [0.15, 0.2) is 0 Å². The second kappa shape index (κ2) is 14.0. The molecule has 2 amide bonds. The van der Waals surface area contributed by atoms with Crippen molar-refractivity contribution in [2.45, 2.75) is 69.7 Å². The van der Waals surface area contributed by atoms with Crippen molar-refractivity contribution >= 4 is 12.2 Å². The first-order valence-corrected chi connectivity index (χ1v) is 15.5. The number of alkyl carbamates (subject to hydrolysis) is 1. The summed E-state index contributed by atoms with van der Waals surface area (Å²) in [5.41, 5.74) is 5.57. The molecule has 45 heavy (non-hydrogen) atoms. The maximum Gasteiger partial charge on any atom is 0.407 e. The Bertz CT molecular complexity index is 1540. The zero-order valence-corrected chi connectivity index (χ0v) is 26.1. The van der Waals surface area contributed by atoms with Crippen LogP contribution in [0.15, 0.2) is 109 Å². The smallest absolute Gasteiger partial charge is 0.407 e. The second-order valence-corrected chi connectivity index (χ2v) is 12.8. The third kappa shape index (κ3) is 8.11. The molecular formula is C38H42N2O5. The van der Waals surface area contributed by atoms with Crippen LogP contribution in [-0.2, 0) is 17.6 Å². The maximum atomic E-state index is 13.1. The van der Waals surface area contributed by atoms with Crippen molar-refractivity contribution < 1.29 is 24.5 Å². The lowest BCUT2D eigenvalue weighted by molar-refractivity contribution is 0.0300. The van der Waals surface area contributed by atoms with Crippen LogP contribution in [0.25, 0.3) is 11.1 Å². The predicted octanol–water partition coefficient (Wildman–Crippen LogP) is 7.28. The van der Waals surface area contributed by atoms with Gasteiger partial charge in [0.2, 0.25) is 0 Å². The third-order valence-corrected chi connectivity index (χ3v) is 8.29. The molecule has 7 heteroatoms. The molecule has 0 bridgehead atoms. The number of carbonyl (C=O) groups is 2. The Morgan fingerprint density at radius 2 is 1.27 bits per heavy atom. The molecule has 0 aromatic heterocycles. The molecule has 7 nitrogen and oxygen atoms in total. The number of ether oxygens (including phenoxy) is 1. The molecule has 4 aromatic rings. The lowest BCUT2D eigenvalue weighted by Gasteiger charge is -2.36. The number of carboxylic acid groups (broad SMARTS) is 1. The van der Waals surface area contributed by atoms with Crippen LogP contribution >= 0.6 is 0 Å². The van der Waals surface area contributed by atoms with Crippen LogP contribution in [0.4, 0.5) is 9.59 Å². The minimum absolute atomic E-state index is 0.132. The summed E-state index contributed by atoms with van der Waals surface area (Å²) in [5, 5.41) is 25.6. The summed E-state index contributed by atoms with van der Waals surface area (Å²) >= 11 is 0. The van der Waals surface area contributed by atoms with Gasteiger partial charge in [-0.1, -0.05) is 109 Å². The van der Waals surface area contributed by atoms with Crippen molar-refractivity contribution in [2.24, 2.45) is 0 Å². The fraction of sp³-hybridized carbons (Fsp3) is 0.316. The molecule has 0 unspecified atom stereocenters. The van der Waals surface area contributed by atoms with Gasteiger partial charge < -0.3 is 25.2 Å². The second-order valence-electron chi connectivity index (χ2n) is 12.8. The summed E-state index contributed by atoms with van der Waals surface area (Å²) in [6.07, 6.45) is -1.87. The predicted molar refractivity (Wildman–Crippen MR) is 176 cm³/mol. The van der Waals surface area contributed by atoms with Gasteiger partial charge in [0.25, 0.3) is 0 Å². The van der Waals surface area contributed by atoms with Crippen molar-refractivity contribution in [2.75, 3.05) is 6.54 Å². The number of benzene rings is 4. The van der Waals surface area contributed by atoms with E-state index in [1.165, 1.54) is 4.90 Å². The summed E-state index contributed by atoms with van der Waals surface area (Å²) in [6, 6.07) is 34.3. The zero-order chi connectivity index (χ0) is 32.0. The van der Waals surface area contributed by atoms with E-state index in [-0.39, 0.29) is 18.9 Å². The third-order valence-electron chi connectivity index (χ3n) is 8.29. The van der Waals surface area contributed by atoms with E-state index in [0.717, 1.165) is 33.4 Å². The van der Waals surface area contributed by atoms with Crippen molar-refractivity contribution in [3.8, 4) is 11.1 Å². The van der Waals surface area contributed by atoms with Crippen LogP contribution in [0.5, 0.6) is 0 Å². The van der Waals surface area contributed by atoms with Gasteiger partial charge in [0.1, 0.15) is 5.60 Å². The van der Waals surface area contributed by atoms with Gasteiger partial charge in [0, 0.05) is 18.5 Å². The highest BCUT2D eigenvalue weighted by Crippen LogP contribution is 2.45. The number of fused-ring (bicyclic) bond motifs is 3. The lowest BCUT2D eigenvalue weighted by Crippen LogP contribution is -2.52. The number of amides is 2. The van der Waals surface area contributed by atoms with Crippen molar-refractivity contribution in [1.29, 1.82) is 0 Å². The molecule has 3 atom stereocenters. The average Bonchev–Trinajstić information content (AvgIpc) is 3.32. The van der Waals surface area contributed by atoms with Gasteiger partial charge in [-0.05, 0) is 73.4 Å². The SMILES string of the molecule is CC(C)(C)OC(=O)N[C@@H](Cc1ccccc1)C[C@H](O)[C@H](Cc1ccccc1)N(CC1c2ccccc2-c2ccccc21)C(=O)O. The molecule has 1 aliphatic carbocycles. The fourth-order valence-electron chi connectivity index (χ4n) is 6.33. The Balaban J connectivity index is 1.46. The highest BCUT2D eigenvalue weighted by Gasteiger charge is 2.37. The average molecular weight is 607 g/mol. The molecule has 0 radical (unpaired) electrons. The largest absolute Gasteiger partial charge is 0.465 e. The van der Waals surface area contributed by atoms with Crippen molar-refractivity contribution in [1.82, 2.24) is 10.2 Å². The lowest BCUT2D eigenvalue weighted by atomic mass is 9.90. The quantitative estimate of drug-likeness (QED) is 0.167. The van der Waals surface area contributed by atoms with Crippen LogP contribution in [0.2, 0.25) is 0 Å². The maximum absolute atomic E-state index is 13.1. The van der Waals surface area contributed by atoms with Gasteiger partial charge in [-0.25, -0.2) is 9.59 Å². The van der Waals surface area contributed by atoms with Gasteiger partial charge in [-0.3, -0.25) is 0 Å². The zero-order valence-electron chi connectivity index (χ0n) is 26.1. The highest BCUT2D eigenvalue weighted by molar-refractivity contribution is 5.79. The first-order valence-electron chi connectivity index (χ1n) is 15.5. The number of aliphatic hydroxyl groups excluding tert-OH is 1. The topological polar surface area (TPSA) is 99.1 Å². The number of hydrogen-bond acceptors (Lipinski definition) is 4. The number of nitrogens with one attached hydrogen (secondary N) is 1. The molecule has 0 spiro atoms. The van der Waals surface area contributed by atoms with Gasteiger partial charge >= 0.3 is 12.2 Å². The van der Waals surface area contributed by atoms with Gasteiger partial charge in [-0.15, -0.1) is 0 Å². The Hall–Kier alpha value is -4.62. The number of rotatable bonds is 11. The Morgan fingerprint density at radius 3 is 1.78 bits per heavy atom. The minimum Gasteiger partial charge on any atom is -0.465 e. The van der Waals surface area contributed by atoms with Crippen LogP contribution in [0.1, 0.15) is 55.4 Å². The summed E-state index contributed by atoms with van der Waals surface area (Å²) < 4.78 is 5.55. The molecular weight excluding hydrogens is 564 g/mol. The minimum atomic E-state index is -1.10. The van der Waals surface area contributed by atoms with Gasteiger partial charge in [0.05, 0.1) is 12.1 Å². The molecule has 0 saturated heterocycles. The van der Waals surface area contributed by atoms with E-state index in [1.807, 2.05) is 84.9 Å². The monoisotopic (exact) mass is 606 g/mol. The summed E-state index contributed by atoms with van der Waals surface area (Å²) in [6.45, 7) is 5.58. The molecule has 3 N–H and O–H groups in total. The number of hydrogen-bond donors (Lipinski definition) is 3. The van der Waals surface area contributed by atoms with Crippen LogP contribution in [0, 0.1) is 0 Å².